The normalized spacial score (nSPS) is 11.9. The van der Waals surface area contributed by atoms with Crippen molar-refractivity contribution in [3.63, 3.8) is 0 Å². The number of carbonyl (C=O) groups excluding carboxylic acids is 2. The third-order valence-electron chi connectivity index (χ3n) is 3.96. The maximum Gasteiger partial charge on any atom is 0.342 e. The lowest BCUT2D eigenvalue weighted by Crippen LogP contribution is -2.31. The number of amides is 1. The van der Waals surface area contributed by atoms with Crippen LogP contribution in [0, 0.1) is 6.92 Å². The monoisotopic (exact) mass is 353 g/mol. The van der Waals surface area contributed by atoms with Gasteiger partial charge in [0.1, 0.15) is 22.7 Å². The molecule has 0 fully saturated rings. The van der Waals surface area contributed by atoms with Crippen LogP contribution in [0.4, 0.5) is 0 Å². The number of benzene rings is 2. The van der Waals surface area contributed by atoms with Crippen molar-refractivity contribution < 1.29 is 23.8 Å². The molecule has 6 heteroatoms. The van der Waals surface area contributed by atoms with Gasteiger partial charge in [0, 0.05) is 5.39 Å². The Morgan fingerprint density at radius 2 is 1.96 bits per heavy atom. The van der Waals surface area contributed by atoms with E-state index in [1.807, 2.05) is 30.3 Å². The molecule has 0 bridgehead atoms. The maximum atomic E-state index is 12.0. The van der Waals surface area contributed by atoms with E-state index in [2.05, 4.69) is 5.32 Å². The van der Waals surface area contributed by atoms with Crippen molar-refractivity contribution >= 4 is 22.8 Å². The van der Waals surface area contributed by atoms with E-state index in [0.29, 0.717) is 5.76 Å². The van der Waals surface area contributed by atoms with Gasteiger partial charge in [0.15, 0.2) is 6.61 Å². The summed E-state index contributed by atoms with van der Waals surface area (Å²) in [5, 5.41) is 13.4. The Morgan fingerprint density at radius 3 is 2.69 bits per heavy atom. The lowest BCUT2D eigenvalue weighted by Gasteiger charge is -2.12. The molecule has 3 aromatic rings. The van der Waals surface area contributed by atoms with Crippen LogP contribution in [0.25, 0.3) is 11.0 Å². The number of furan rings is 1. The zero-order valence-electron chi connectivity index (χ0n) is 14.5. The van der Waals surface area contributed by atoms with Gasteiger partial charge in [-0.2, -0.15) is 0 Å². The number of carbonyl (C=O) groups is 2. The number of phenols is 1. The molecule has 2 N–H and O–H groups in total. The quantitative estimate of drug-likeness (QED) is 0.686. The molecule has 134 valence electrons. The Labute approximate surface area is 150 Å². The van der Waals surface area contributed by atoms with Crippen LogP contribution in [0.2, 0.25) is 0 Å². The van der Waals surface area contributed by atoms with Gasteiger partial charge in [-0.05, 0) is 43.7 Å². The van der Waals surface area contributed by atoms with Gasteiger partial charge < -0.3 is 19.6 Å². The van der Waals surface area contributed by atoms with Gasteiger partial charge in [0.25, 0.3) is 5.91 Å². The second kappa shape index (κ2) is 7.31. The van der Waals surface area contributed by atoms with Crippen LogP contribution in [0.5, 0.6) is 5.75 Å². The van der Waals surface area contributed by atoms with Gasteiger partial charge in [-0.3, -0.25) is 4.79 Å². The molecular weight excluding hydrogens is 334 g/mol. The first-order valence-electron chi connectivity index (χ1n) is 8.18. The molecule has 0 radical (unpaired) electrons. The lowest BCUT2D eigenvalue weighted by molar-refractivity contribution is -0.125. The number of rotatable bonds is 5. The highest BCUT2D eigenvalue weighted by atomic mass is 16.5. The summed E-state index contributed by atoms with van der Waals surface area (Å²) in [7, 11) is 0. The molecular formula is C20H19NO5. The summed E-state index contributed by atoms with van der Waals surface area (Å²) in [6, 6.07) is 13.6. The number of fused-ring (bicyclic) bond motifs is 1. The van der Waals surface area contributed by atoms with Crippen LogP contribution in [-0.2, 0) is 9.53 Å². The fraction of sp³-hybridized carbons (Fsp3) is 0.200. The fourth-order valence-corrected chi connectivity index (χ4v) is 2.59. The average Bonchev–Trinajstić information content (AvgIpc) is 3.04. The van der Waals surface area contributed by atoms with E-state index in [1.54, 1.807) is 19.9 Å². The SMILES string of the molecule is Cc1ccc(C(=O)OCC(=O)N[C@H](C)c2cc3ccccc3o2)c(O)c1. The van der Waals surface area contributed by atoms with Crippen molar-refractivity contribution in [2.24, 2.45) is 0 Å². The van der Waals surface area contributed by atoms with Crippen molar-refractivity contribution in [3.05, 3.63) is 65.4 Å². The highest BCUT2D eigenvalue weighted by Crippen LogP contribution is 2.23. The summed E-state index contributed by atoms with van der Waals surface area (Å²) in [4.78, 5) is 24.0. The molecule has 0 saturated carbocycles. The molecule has 3 rings (SSSR count). The fourth-order valence-electron chi connectivity index (χ4n) is 2.59. The number of phenolic OH excluding ortho intramolecular Hbond substituents is 1. The van der Waals surface area contributed by atoms with Crippen LogP contribution < -0.4 is 5.32 Å². The Bertz CT molecular complexity index is 927. The van der Waals surface area contributed by atoms with E-state index in [-0.39, 0.29) is 17.4 Å². The molecule has 1 atom stereocenters. The zero-order valence-corrected chi connectivity index (χ0v) is 14.5. The predicted molar refractivity (Wildman–Crippen MR) is 95.9 cm³/mol. The smallest absolute Gasteiger partial charge is 0.342 e. The van der Waals surface area contributed by atoms with Crippen LogP contribution >= 0.6 is 0 Å². The van der Waals surface area contributed by atoms with Gasteiger partial charge in [-0.1, -0.05) is 24.3 Å². The van der Waals surface area contributed by atoms with Crippen LogP contribution in [-0.4, -0.2) is 23.6 Å². The van der Waals surface area contributed by atoms with Gasteiger partial charge in [0.2, 0.25) is 0 Å². The van der Waals surface area contributed by atoms with Gasteiger partial charge in [-0.25, -0.2) is 4.79 Å². The molecule has 0 aliphatic rings. The molecule has 0 saturated heterocycles. The van der Waals surface area contributed by atoms with Crippen molar-refractivity contribution in [1.82, 2.24) is 5.32 Å². The molecule has 0 aliphatic heterocycles. The summed E-state index contributed by atoms with van der Waals surface area (Å²) in [5.74, 6) is -0.778. The largest absolute Gasteiger partial charge is 0.507 e. The van der Waals surface area contributed by atoms with Crippen molar-refractivity contribution in [2.75, 3.05) is 6.61 Å². The molecule has 6 nitrogen and oxygen atoms in total. The number of esters is 1. The second-order valence-electron chi connectivity index (χ2n) is 6.07. The second-order valence-corrected chi connectivity index (χ2v) is 6.07. The van der Waals surface area contributed by atoms with Crippen LogP contribution in [0.15, 0.2) is 52.9 Å². The number of hydrogen-bond donors (Lipinski definition) is 2. The first kappa shape index (κ1) is 17.5. The zero-order chi connectivity index (χ0) is 18.7. The minimum Gasteiger partial charge on any atom is -0.507 e. The third-order valence-corrected chi connectivity index (χ3v) is 3.96. The third kappa shape index (κ3) is 3.85. The Morgan fingerprint density at radius 1 is 1.19 bits per heavy atom. The summed E-state index contributed by atoms with van der Waals surface area (Å²) < 4.78 is 10.7. The number of aryl methyl sites for hydroxylation is 1. The molecule has 2 aromatic carbocycles. The molecule has 26 heavy (non-hydrogen) atoms. The first-order valence-corrected chi connectivity index (χ1v) is 8.18. The van der Waals surface area contributed by atoms with E-state index < -0.39 is 18.5 Å². The van der Waals surface area contributed by atoms with E-state index >= 15 is 0 Å². The summed E-state index contributed by atoms with van der Waals surface area (Å²) in [6.45, 7) is 3.13. The molecule has 1 heterocycles. The number of aromatic hydroxyl groups is 1. The molecule has 0 aliphatic carbocycles. The van der Waals surface area contributed by atoms with Crippen molar-refractivity contribution in [1.29, 1.82) is 0 Å². The summed E-state index contributed by atoms with van der Waals surface area (Å²) in [5.41, 5.74) is 1.58. The Balaban J connectivity index is 1.57. The number of ether oxygens (including phenoxy) is 1. The topological polar surface area (TPSA) is 88.8 Å². The number of para-hydroxylation sites is 1. The van der Waals surface area contributed by atoms with Gasteiger partial charge in [-0.15, -0.1) is 0 Å². The van der Waals surface area contributed by atoms with E-state index in [1.165, 1.54) is 12.1 Å². The molecule has 1 amide bonds. The highest BCUT2D eigenvalue weighted by molar-refractivity contribution is 5.94. The summed E-state index contributed by atoms with van der Waals surface area (Å²) in [6.07, 6.45) is 0. The minimum absolute atomic E-state index is 0.0220. The number of hydrogen-bond acceptors (Lipinski definition) is 5. The maximum absolute atomic E-state index is 12.0. The van der Waals surface area contributed by atoms with Crippen LogP contribution in [0.3, 0.4) is 0 Å². The Hall–Kier alpha value is -3.28. The first-order chi connectivity index (χ1) is 12.4. The minimum atomic E-state index is -0.756. The molecule has 0 spiro atoms. The lowest BCUT2D eigenvalue weighted by atomic mass is 10.1. The average molecular weight is 353 g/mol. The van der Waals surface area contributed by atoms with Crippen molar-refractivity contribution in [2.45, 2.75) is 19.9 Å². The van der Waals surface area contributed by atoms with E-state index in [4.69, 9.17) is 9.15 Å². The van der Waals surface area contributed by atoms with Gasteiger partial charge in [0.05, 0.1) is 6.04 Å². The predicted octanol–water partition coefficient (Wildman–Crippen LogP) is 3.48. The van der Waals surface area contributed by atoms with E-state index in [0.717, 1.165) is 16.5 Å². The van der Waals surface area contributed by atoms with Crippen LogP contribution in [0.1, 0.15) is 34.6 Å². The standard InChI is InChI=1S/C20H19NO5/c1-12-7-8-15(16(22)9-12)20(24)25-11-19(23)21-13(2)18-10-14-5-3-4-6-17(14)26-18/h3-10,13,22H,11H2,1-2H3,(H,21,23)/t13-/m1/s1. The highest BCUT2D eigenvalue weighted by Gasteiger charge is 2.17. The van der Waals surface area contributed by atoms with Gasteiger partial charge >= 0.3 is 5.97 Å². The summed E-state index contributed by atoms with van der Waals surface area (Å²) >= 11 is 0. The molecule has 0 unspecified atom stereocenters. The Kier molecular flexibility index (Phi) is 4.93. The van der Waals surface area contributed by atoms with E-state index in [9.17, 15) is 14.7 Å². The van der Waals surface area contributed by atoms with Crippen molar-refractivity contribution in [3.8, 4) is 5.75 Å². The molecule has 1 aromatic heterocycles. The number of nitrogens with one attached hydrogen (secondary N) is 1.